The van der Waals surface area contributed by atoms with Crippen LogP contribution in [0, 0.1) is 10.8 Å². The maximum Gasteiger partial charge on any atom is 0.0933 e. The summed E-state index contributed by atoms with van der Waals surface area (Å²) in [5, 5.41) is 1.20. The monoisotopic (exact) mass is 398 g/mol. The smallest absolute Gasteiger partial charge is 0.0933 e. The normalized spacial score (nSPS) is 24.7. The van der Waals surface area contributed by atoms with Gasteiger partial charge in [-0.05, 0) is 23.7 Å². The van der Waals surface area contributed by atoms with Crippen LogP contribution < -0.4 is 0 Å². The van der Waals surface area contributed by atoms with Crippen LogP contribution in [0.3, 0.4) is 0 Å². The highest BCUT2D eigenvalue weighted by molar-refractivity contribution is 8.00. The van der Waals surface area contributed by atoms with E-state index in [1.54, 1.807) is 0 Å². The second-order valence-electron chi connectivity index (χ2n) is 10.3. The fraction of sp³-hybridized carbons (Fsp3) is 1.00. The molecule has 0 aromatic heterocycles. The van der Waals surface area contributed by atoms with E-state index in [2.05, 4.69) is 53.3 Å². The Morgan fingerprint density at radius 2 is 1.07 bits per heavy atom. The van der Waals surface area contributed by atoms with Crippen molar-refractivity contribution in [2.24, 2.45) is 10.8 Å². The van der Waals surface area contributed by atoms with Crippen molar-refractivity contribution in [3.05, 3.63) is 0 Å². The number of thioether (sulfide) groups is 1. The lowest BCUT2D eigenvalue weighted by Crippen LogP contribution is -2.39. The second kappa shape index (κ2) is 10.9. The van der Waals surface area contributed by atoms with Crippen molar-refractivity contribution in [3.63, 3.8) is 0 Å². The molecule has 0 radical (unpaired) electrons. The lowest BCUT2D eigenvalue weighted by molar-refractivity contribution is 0.246. The van der Waals surface area contributed by atoms with E-state index >= 15 is 0 Å². The van der Waals surface area contributed by atoms with E-state index in [1.165, 1.54) is 64.2 Å². The summed E-state index contributed by atoms with van der Waals surface area (Å²) >= 11 is 2.22. The van der Waals surface area contributed by atoms with Crippen molar-refractivity contribution < 1.29 is 9.47 Å². The Morgan fingerprint density at radius 3 is 1.37 bits per heavy atom. The molecule has 0 spiro atoms. The Kier molecular flexibility index (Phi) is 9.49. The molecule has 0 N–H and O–H groups in total. The number of rotatable bonds is 16. The van der Waals surface area contributed by atoms with Gasteiger partial charge in [-0.15, -0.1) is 11.8 Å². The minimum atomic E-state index is 0.338. The summed E-state index contributed by atoms with van der Waals surface area (Å²) < 4.78 is 11.7. The Labute approximate surface area is 173 Å². The van der Waals surface area contributed by atoms with Gasteiger partial charge in [-0.25, -0.2) is 0 Å². The number of ether oxygens (including phenoxy) is 2. The molecule has 2 saturated heterocycles. The minimum absolute atomic E-state index is 0.338. The third-order valence-corrected chi connectivity index (χ3v) is 9.05. The summed E-state index contributed by atoms with van der Waals surface area (Å²) in [7, 11) is 0. The molecule has 3 heteroatoms. The fourth-order valence-electron chi connectivity index (χ4n) is 4.47. The Hall–Kier alpha value is 0.270. The predicted molar refractivity (Wildman–Crippen MR) is 120 cm³/mol. The Morgan fingerprint density at radius 1 is 0.704 bits per heavy atom. The summed E-state index contributed by atoms with van der Waals surface area (Å²) in [5.41, 5.74) is 0.677. The molecule has 2 rings (SSSR count). The molecule has 4 unspecified atom stereocenters. The van der Waals surface area contributed by atoms with Gasteiger partial charge in [-0.1, -0.05) is 92.9 Å². The van der Waals surface area contributed by atoms with Crippen molar-refractivity contribution in [3.8, 4) is 0 Å². The first kappa shape index (κ1) is 23.5. The SMILES string of the molecule is CCCCCCC(C)(C)C(SC(C1CO1)C(C)(C)CCCCCC)C1CO1. The van der Waals surface area contributed by atoms with Crippen LogP contribution in [0.4, 0.5) is 0 Å². The average molecular weight is 399 g/mol. The zero-order valence-electron chi connectivity index (χ0n) is 19.0. The van der Waals surface area contributed by atoms with Crippen LogP contribution in [0.15, 0.2) is 0 Å². The van der Waals surface area contributed by atoms with Crippen molar-refractivity contribution >= 4 is 11.8 Å². The minimum Gasteiger partial charge on any atom is -0.372 e. The van der Waals surface area contributed by atoms with E-state index in [-0.39, 0.29) is 0 Å². The third-order valence-electron chi connectivity index (χ3n) is 6.58. The zero-order valence-corrected chi connectivity index (χ0v) is 19.8. The largest absolute Gasteiger partial charge is 0.372 e. The average Bonchev–Trinajstić information content (AvgIpc) is 3.49. The van der Waals surface area contributed by atoms with Gasteiger partial charge < -0.3 is 9.47 Å². The van der Waals surface area contributed by atoms with Gasteiger partial charge in [0.05, 0.1) is 25.4 Å². The molecule has 0 bridgehead atoms. The van der Waals surface area contributed by atoms with Gasteiger partial charge in [0.1, 0.15) is 0 Å². The van der Waals surface area contributed by atoms with Crippen LogP contribution in [-0.2, 0) is 9.47 Å². The van der Waals surface area contributed by atoms with Gasteiger partial charge in [-0.2, -0.15) is 0 Å². The fourth-order valence-corrected chi connectivity index (χ4v) is 6.42. The Balaban J connectivity index is 1.96. The topological polar surface area (TPSA) is 25.1 Å². The maximum atomic E-state index is 5.85. The van der Waals surface area contributed by atoms with Gasteiger partial charge in [0.25, 0.3) is 0 Å². The highest BCUT2D eigenvalue weighted by Crippen LogP contribution is 2.50. The molecule has 0 saturated carbocycles. The molecule has 0 amide bonds. The predicted octanol–water partition coefficient (Wildman–Crippen LogP) is 7.25. The van der Waals surface area contributed by atoms with Crippen LogP contribution in [-0.4, -0.2) is 35.9 Å². The molecule has 0 aromatic rings. The van der Waals surface area contributed by atoms with Gasteiger partial charge in [0.15, 0.2) is 0 Å². The van der Waals surface area contributed by atoms with E-state index in [9.17, 15) is 0 Å². The van der Waals surface area contributed by atoms with E-state index < -0.39 is 0 Å². The van der Waals surface area contributed by atoms with E-state index in [4.69, 9.17) is 9.47 Å². The lowest BCUT2D eigenvalue weighted by atomic mass is 9.81. The standard InChI is InChI=1S/C24H46O2S/c1-7-9-11-13-15-23(3,4)21(19-17-25-19)27-22(20-18-26-20)24(5,6)16-14-12-10-8-2/h19-22H,7-18H2,1-6H3. The summed E-state index contributed by atoms with van der Waals surface area (Å²) in [4.78, 5) is 0. The van der Waals surface area contributed by atoms with Crippen molar-refractivity contribution in [1.29, 1.82) is 0 Å². The number of hydrogen-bond donors (Lipinski definition) is 0. The number of epoxide rings is 2. The van der Waals surface area contributed by atoms with E-state index in [0.29, 0.717) is 33.5 Å². The third kappa shape index (κ3) is 7.90. The molecule has 2 heterocycles. The molecular weight excluding hydrogens is 352 g/mol. The van der Waals surface area contributed by atoms with Crippen molar-refractivity contribution in [2.75, 3.05) is 13.2 Å². The van der Waals surface area contributed by atoms with Crippen molar-refractivity contribution in [2.45, 2.75) is 128 Å². The van der Waals surface area contributed by atoms with E-state index in [1.807, 2.05) is 0 Å². The van der Waals surface area contributed by atoms with Crippen molar-refractivity contribution in [1.82, 2.24) is 0 Å². The second-order valence-corrected chi connectivity index (χ2v) is 11.6. The van der Waals surface area contributed by atoms with Gasteiger partial charge in [0, 0.05) is 10.5 Å². The molecule has 160 valence electrons. The first-order valence-corrected chi connectivity index (χ1v) is 12.6. The van der Waals surface area contributed by atoms with Gasteiger partial charge >= 0.3 is 0 Å². The first-order valence-electron chi connectivity index (χ1n) is 11.7. The molecule has 2 nitrogen and oxygen atoms in total. The van der Waals surface area contributed by atoms with E-state index in [0.717, 1.165) is 13.2 Å². The van der Waals surface area contributed by atoms with Crippen LogP contribution >= 0.6 is 11.8 Å². The summed E-state index contributed by atoms with van der Waals surface area (Å²) in [5.74, 6) is 0. The number of unbranched alkanes of at least 4 members (excludes halogenated alkanes) is 6. The number of hydrogen-bond acceptors (Lipinski definition) is 3. The first-order chi connectivity index (χ1) is 12.8. The zero-order chi connectivity index (χ0) is 19.9. The highest BCUT2D eigenvalue weighted by Gasteiger charge is 2.50. The Bertz CT molecular complexity index is 375. The summed E-state index contributed by atoms with van der Waals surface area (Å²) in [6, 6.07) is 0. The molecular formula is C24H46O2S. The summed E-state index contributed by atoms with van der Waals surface area (Å²) in [6.45, 7) is 16.5. The molecule has 2 aliphatic heterocycles. The highest BCUT2D eigenvalue weighted by atomic mass is 32.2. The van der Waals surface area contributed by atoms with Crippen LogP contribution in [0.25, 0.3) is 0 Å². The molecule has 0 aliphatic carbocycles. The van der Waals surface area contributed by atoms with Crippen LogP contribution in [0.1, 0.15) is 106 Å². The molecule has 4 atom stereocenters. The lowest BCUT2D eigenvalue weighted by Gasteiger charge is -2.40. The molecule has 2 fully saturated rings. The van der Waals surface area contributed by atoms with Gasteiger partial charge in [-0.3, -0.25) is 0 Å². The quantitative estimate of drug-likeness (QED) is 0.202. The van der Waals surface area contributed by atoms with Crippen LogP contribution in [0.5, 0.6) is 0 Å². The van der Waals surface area contributed by atoms with Crippen LogP contribution in [0.2, 0.25) is 0 Å². The molecule has 0 aromatic carbocycles. The van der Waals surface area contributed by atoms with Gasteiger partial charge in [0.2, 0.25) is 0 Å². The maximum absolute atomic E-state index is 5.85. The summed E-state index contributed by atoms with van der Waals surface area (Å²) in [6.07, 6.45) is 14.4. The molecule has 2 aliphatic rings. The molecule has 27 heavy (non-hydrogen) atoms.